The summed E-state index contributed by atoms with van der Waals surface area (Å²) in [6.45, 7) is 6.43. The topological polar surface area (TPSA) is 58.8 Å². The molecule has 0 saturated carbocycles. The lowest BCUT2D eigenvalue weighted by Crippen LogP contribution is -2.51. The first-order chi connectivity index (χ1) is 6.09. The molecular weight excluding hydrogens is 241 g/mol. The van der Waals surface area contributed by atoms with Crippen LogP contribution >= 0.6 is 24.8 Å². The lowest BCUT2D eigenvalue weighted by molar-refractivity contribution is 0.0573. The number of amides is 1. The van der Waals surface area contributed by atoms with E-state index in [-0.39, 0.29) is 37.0 Å². The third-order valence-electron chi connectivity index (χ3n) is 1.91. The Bertz CT molecular complexity index is 185. The molecule has 0 aliphatic carbocycles. The second-order valence-electron chi connectivity index (χ2n) is 3.46. The highest BCUT2D eigenvalue weighted by Gasteiger charge is 2.20. The van der Waals surface area contributed by atoms with Crippen LogP contribution in [0.3, 0.4) is 0 Å². The Morgan fingerprint density at radius 3 is 2.07 bits per heavy atom. The summed E-state index contributed by atoms with van der Waals surface area (Å²) in [5.74, 6) is 5.55. The van der Waals surface area contributed by atoms with E-state index in [1.807, 2.05) is 13.8 Å². The van der Waals surface area contributed by atoms with Crippen LogP contribution in [0, 0.1) is 0 Å². The molecule has 1 aliphatic rings. The maximum atomic E-state index is 11.4. The van der Waals surface area contributed by atoms with Gasteiger partial charge in [0, 0.05) is 26.2 Å². The minimum Gasteiger partial charge on any atom is -0.447 e. The van der Waals surface area contributed by atoms with Crippen LogP contribution in [0.15, 0.2) is 0 Å². The molecule has 1 aliphatic heterocycles. The van der Waals surface area contributed by atoms with E-state index in [0.29, 0.717) is 26.2 Å². The van der Waals surface area contributed by atoms with Gasteiger partial charge in [-0.05, 0) is 13.8 Å². The fourth-order valence-electron chi connectivity index (χ4n) is 1.18. The monoisotopic (exact) mass is 259 g/mol. The average Bonchev–Trinajstić information content (AvgIpc) is 2.04. The predicted octanol–water partition coefficient (Wildman–Crippen LogP) is 0.866. The number of nitrogens with two attached hydrogens (primary N) is 1. The van der Waals surface area contributed by atoms with Crippen molar-refractivity contribution in [3.8, 4) is 0 Å². The zero-order valence-electron chi connectivity index (χ0n) is 9.01. The fourth-order valence-corrected chi connectivity index (χ4v) is 1.18. The second-order valence-corrected chi connectivity index (χ2v) is 3.46. The van der Waals surface area contributed by atoms with Crippen LogP contribution in [-0.4, -0.2) is 48.3 Å². The zero-order chi connectivity index (χ0) is 9.84. The number of hydrazine groups is 1. The quantitative estimate of drug-likeness (QED) is 0.710. The van der Waals surface area contributed by atoms with Gasteiger partial charge in [0.1, 0.15) is 0 Å². The van der Waals surface area contributed by atoms with Crippen molar-refractivity contribution < 1.29 is 9.53 Å². The van der Waals surface area contributed by atoms with E-state index in [0.717, 1.165) is 0 Å². The van der Waals surface area contributed by atoms with Gasteiger partial charge in [0.15, 0.2) is 0 Å². The molecule has 0 atom stereocenters. The van der Waals surface area contributed by atoms with Crippen LogP contribution in [0.4, 0.5) is 4.79 Å². The molecule has 1 heterocycles. The first-order valence-corrected chi connectivity index (χ1v) is 4.55. The van der Waals surface area contributed by atoms with Gasteiger partial charge in [0.25, 0.3) is 0 Å². The normalized spacial score (nSPS) is 16.7. The zero-order valence-corrected chi connectivity index (χ0v) is 10.6. The van der Waals surface area contributed by atoms with Gasteiger partial charge in [-0.15, -0.1) is 24.8 Å². The minimum atomic E-state index is -0.233. The van der Waals surface area contributed by atoms with Crippen molar-refractivity contribution in [1.29, 1.82) is 0 Å². The molecule has 0 aromatic carbocycles. The molecule has 7 heteroatoms. The third-order valence-corrected chi connectivity index (χ3v) is 1.91. The van der Waals surface area contributed by atoms with E-state index < -0.39 is 0 Å². The summed E-state index contributed by atoms with van der Waals surface area (Å²) >= 11 is 0. The van der Waals surface area contributed by atoms with Crippen LogP contribution in [0.2, 0.25) is 0 Å². The van der Waals surface area contributed by atoms with Gasteiger partial charge in [-0.2, -0.15) is 0 Å². The van der Waals surface area contributed by atoms with Crippen LogP contribution in [0.25, 0.3) is 0 Å². The first-order valence-electron chi connectivity index (χ1n) is 4.55. The van der Waals surface area contributed by atoms with E-state index in [4.69, 9.17) is 10.6 Å². The summed E-state index contributed by atoms with van der Waals surface area (Å²) in [5.41, 5.74) is 0. The summed E-state index contributed by atoms with van der Waals surface area (Å²) in [4.78, 5) is 13.0. The average molecular weight is 260 g/mol. The number of hydrogen-bond acceptors (Lipinski definition) is 4. The highest BCUT2D eigenvalue weighted by molar-refractivity contribution is 5.85. The molecular formula is C8H19Cl2N3O2. The Kier molecular flexibility index (Phi) is 9.14. The number of nitrogens with zero attached hydrogens (tertiary/aromatic N) is 2. The van der Waals surface area contributed by atoms with Crippen molar-refractivity contribution in [3.05, 3.63) is 0 Å². The Balaban J connectivity index is 0. The molecule has 1 saturated heterocycles. The molecule has 0 unspecified atom stereocenters. The molecule has 1 amide bonds. The predicted molar refractivity (Wildman–Crippen MR) is 63.4 cm³/mol. The van der Waals surface area contributed by atoms with Crippen molar-refractivity contribution in [2.24, 2.45) is 5.84 Å². The summed E-state index contributed by atoms with van der Waals surface area (Å²) < 4.78 is 5.05. The van der Waals surface area contributed by atoms with Crippen molar-refractivity contribution in [2.75, 3.05) is 26.2 Å². The fraction of sp³-hybridized carbons (Fsp3) is 0.875. The molecule has 92 valence electrons. The maximum Gasteiger partial charge on any atom is 0.410 e. The van der Waals surface area contributed by atoms with Crippen LogP contribution in [0.1, 0.15) is 13.8 Å². The van der Waals surface area contributed by atoms with Gasteiger partial charge < -0.3 is 9.64 Å². The number of rotatable bonds is 1. The number of carbonyl (C=O) groups is 1. The highest BCUT2D eigenvalue weighted by atomic mass is 35.5. The van der Waals surface area contributed by atoms with Gasteiger partial charge in [0.05, 0.1) is 6.10 Å². The number of piperazine rings is 1. The molecule has 15 heavy (non-hydrogen) atoms. The van der Waals surface area contributed by atoms with Crippen LogP contribution in [0.5, 0.6) is 0 Å². The van der Waals surface area contributed by atoms with Crippen molar-refractivity contribution in [2.45, 2.75) is 20.0 Å². The molecule has 1 fully saturated rings. The second kappa shape index (κ2) is 7.98. The van der Waals surface area contributed by atoms with Gasteiger partial charge in [0.2, 0.25) is 0 Å². The number of hydrogen-bond donors (Lipinski definition) is 1. The molecule has 0 radical (unpaired) electrons. The number of carbonyl (C=O) groups excluding carboxylic acids is 1. The molecule has 2 N–H and O–H groups in total. The van der Waals surface area contributed by atoms with Gasteiger partial charge in [-0.3, -0.25) is 5.84 Å². The minimum absolute atomic E-state index is 0. The Morgan fingerprint density at radius 1 is 1.20 bits per heavy atom. The summed E-state index contributed by atoms with van der Waals surface area (Å²) in [5, 5.41) is 1.71. The Hall–Kier alpha value is -0.230. The summed E-state index contributed by atoms with van der Waals surface area (Å²) in [6, 6.07) is 0. The highest BCUT2D eigenvalue weighted by Crippen LogP contribution is 2.02. The van der Waals surface area contributed by atoms with Gasteiger partial charge in [-0.25, -0.2) is 9.80 Å². The SMILES string of the molecule is CC(C)OC(=O)N1CCN(N)CC1.Cl.Cl. The lowest BCUT2D eigenvalue weighted by Gasteiger charge is -2.31. The molecule has 5 nitrogen and oxygen atoms in total. The Morgan fingerprint density at radius 2 is 1.67 bits per heavy atom. The van der Waals surface area contributed by atoms with E-state index in [1.165, 1.54) is 0 Å². The summed E-state index contributed by atoms with van der Waals surface area (Å²) in [7, 11) is 0. The van der Waals surface area contributed by atoms with E-state index in [2.05, 4.69) is 0 Å². The molecule has 1 rings (SSSR count). The van der Waals surface area contributed by atoms with E-state index >= 15 is 0 Å². The van der Waals surface area contributed by atoms with E-state index in [9.17, 15) is 4.79 Å². The molecule has 0 spiro atoms. The standard InChI is InChI=1S/C8H17N3O2.2ClH/c1-7(2)13-8(12)10-3-5-11(9)6-4-10;;/h7H,3-6,9H2,1-2H3;2*1H. The molecule has 0 bridgehead atoms. The smallest absolute Gasteiger partial charge is 0.410 e. The Labute approximate surface area is 103 Å². The van der Waals surface area contributed by atoms with E-state index in [1.54, 1.807) is 9.91 Å². The van der Waals surface area contributed by atoms with Crippen LogP contribution < -0.4 is 5.84 Å². The number of halogens is 2. The van der Waals surface area contributed by atoms with Crippen molar-refractivity contribution in [1.82, 2.24) is 9.91 Å². The molecule has 0 aromatic rings. The molecule has 0 aromatic heterocycles. The maximum absolute atomic E-state index is 11.4. The largest absolute Gasteiger partial charge is 0.447 e. The van der Waals surface area contributed by atoms with Crippen LogP contribution in [-0.2, 0) is 4.74 Å². The summed E-state index contributed by atoms with van der Waals surface area (Å²) in [6.07, 6.45) is -0.286. The first kappa shape index (κ1) is 17.2. The third kappa shape index (κ3) is 6.04. The number of ether oxygens (including phenoxy) is 1. The van der Waals surface area contributed by atoms with Crippen molar-refractivity contribution >= 4 is 30.9 Å². The van der Waals surface area contributed by atoms with Crippen molar-refractivity contribution in [3.63, 3.8) is 0 Å². The van der Waals surface area contributed by atoms with Gasteiger partial charge >= 0.3 is 6.09 Å². The lowest BCUT2D eigenvalue weighted by atomic mass is 10.4. The van der Waals surface area contributed by atoms with Gasteiger partial charge in [-0.1, -0.05) is 0 Å².